The minimum atomic E-state index is -0.474. The lowest BCUT2D eigenvalue weighted by atomic mass is 9.89. The zero-order chi connectivity index (χ0) is 14.8. The van der Waals surface area contributed by atoms with Crippen LogP contribution in [0.3, 0.4) is 0 Å². The first-order chi connectivity index (χ1) is 10.2. The molecular formula is C17H22N2O2. The lowest BCUT2D eigenvalue weighted by Gasteiger charge is -2.44. The summed E-state index contributed by atoms with van der Waals surface area (Å²) in [6.45, 7) is 1.78. The molecule has 112 valence electrons. The second-order valence-electron chi connectivity index (χ2n) is 6.08. The van der Waals surface area contributed by atoms with Gasteiger partial charge < -0.3 is 10.2 Å². The predicted octanol–water partition coefficient (Wildman–Crippen LogP) is 2.41. The Bertz CT molecular complexity index is 523. The normalized spacial score (nSPS) is 27.6. The van der Waals surface area contributed by atoms with Gasteiger partial charge in [0, 0.05) is 6.04 Å². The summed E-state index contributed by atoms with van der Waals surface area (Å²) in [4.78, 5) is 27.0. The minimum absolute atomic E-state index is 0.0513. The van der Waals surface area contributed by atoms with Crippen molar-refractivity contribution < 1.29 is 9.59 Å². The molecule has 1 saturated carbocycles. The molecule has 4 heteroatoms. The number of piperazine rings is 1. The Morgan fingerprint density at radius 2 is 1.71 bits per heavy atom. The van der Waals surface area contributed by atoms with E-state index in [2.05, 4.69) is 5.32 Å². The summed E-state index contributed by atoms with van der Waals surface area (Å²) in [5.74, 6) is -0.00535. The summed E-state index contributed by atoms with van der Waals surface area (Å²) < 4.78 is 0. The van der Waals surface area contributed by atoms with Gasteiger partial charge in [-0.2, -0.15) is 0 Å². The number of rotatable bonds is 2. The van der Waals surface area contributed by atoms with Crippen LogP contribution in [0.1, 0.15) is 50.6 Å². The number of hydrogen-bond acceptors (Lipinski definition) is 2. The number of hydrogen-bond donors (Lipinski definition) is 1. The van der Waals surface area contributed by atoms with E-state index in [-0.39, 0.29) is 17.9 Å². The molecule has 0 aromatic heterocycles. The average Bonchev–Trinajstić information content (AvgIpc) is 2.52. The highest BCUT2D eigenvalue weighted by Gasteiger charge is 2.42. The number of carbonyl (C=O) groups is 2. The van der Waals surface area contributed by atoms with Crippen LogP contribution in [0.4, 0.5) is 0 Å². The summed E-state index contributed by atoms with van der Waals surface area (Å²) in [6.07, 6.45) is 5.54. The van der Waals surface area contributed by atoms with Crippen LogP contribution in [0.2, 0.25) is 0 Å². The van der Waals surface area contributed by atoms with E-state index in [1.54, 1.807) is 6.92 Å². The van der Waals surface area contributed by atoms with Gasteiger partial charge in [0.1, 0.15) is 12.1 Å². The Balaban J connectivity index is 1.96. The Kier molecular flexibility index (Phi) is 3.95. The third kappa shape index (κ3) is 2.67. The van der Waals surface area contributed by atoms with E-state index in [1.165, 1.54) is 6.42 Å². The molecule has 2 amide bonds. The molecule has 2 unspecified atom stereocenters. The molecule has 1 saturated heterocycles. The van der Waals surface area contributed by atoms with Crippen molar-refractivity contribution in [3.8, 4) is 0 Å². The number of nitrogens with one attached hydrogen (secondary N) is 1. The molecule has 3 rings (SSSR count). The first-order valence-corrected chi connectivity index (χ1v) is 7.86. The van der Waals surface area contributed by atoms with Gasteiger partial charge in [-0.05, 0) is 25.3 Å². The highest BCUT2D eigenvalue weighted by atomic mass is 16.2. The number of amides is 2. The van der Waals surface area contributed by atoms with Gasteiger partial charge in [0.2, 0.25) is 11.8 Å². The van der Waals surface area contributed by atoms with Crippen LogP contribution in [0.15, 0.2) is 30.3 Å². The zero-order valence-electron chi connectivity index (χ0n) is 12.4. The largest absolute Gasteiger partial charge is 0.342 e. The molecule has 1 aromatic rings. The van der Waals surface area contributed by atoms with E-state index in [0.717, 1.165) is 31.2 Å². The maximum atomic E-state index is 12.7. The fourth-order valence-electron chi connectivity index (χ4n) is 3.53. The van der Waals surface area contributed by atoms with Gasteiger partial charge in [0.15, 0.2) is 0 Å². The zero-order valence-corrected chi connectivity index (χ0v) is 12.4. The topological polar surface area (TPSA) is 49.4 Å². The molecule has 2 aliphatic rings. The van der Waals surface area contributed by atoms with Crippen molar-refractivity contribution >= 4 is 11.8 Å². The van der Waals surface area contributed by atoms with Gasteiger partial charge in [0.05, 0.1) is 0 Å². The molecule has 2 fully saturated rings. The quantitative estimate of drug-likeness (QED) is 0.907. The van der Waals surface area contributed by atoms with Crippen LogP contribution in [0.5, 0.6) is 0 Å². The van der Waals surface area contributed by atoms with Crippen molar-refractivity contribution in [2.24, 2.45) is 0 Å². The fraction of sp³-hybridized carbons (Fsp3) is 0.529. The van der Waals surface area contributed by atoms with Crippen molar-refractivity contribution in [1.29, 1.82) is 0 Å². The summed E-state index contributed by atoms with van der Waals surface area (Å²) in [7, 11) is 0. The van der Waals surface area contributed by atoms with E-state index >= 15 is 0 Å². The Labute approximate surface area is 125 Å². The first-order valence-electron chi connectivity index (χ1n) is 7.86. The Morgan fingerprint density at radius 1 is 1.05 bits per heavy atom. The molecule has 21 heavy (non-hydrogen) atoms. The fourth-order valence-corrected chi connectivity index (χ4v) is 3.53. The van der Waals surface area contributed by atoms with Crippen LogP contribution >= 0.6 is 0 Å². The van der Waals surface area contributed by atoms with Gasteiger partial charge in [-0.15, -0.1) is 0 Å². The van der Waals surface area contributed by atoms with Gasteiger partial charge in [-0.25, -0.2) is 0 Å². The van der Waals surface area contributed by atoms with E-state index < -0.39 is 12.1 Å². The molecule has 4 nitrogen and oxygen atoms in total. The SMILES string of the molecule is CC1NC(=O)C(c2ccccc2)N(C2CCCCC2)C1=O. The van der Waals surface area contributed by atoms with Gasteiger partial charge in [-0.1, -0.05) is 49.6 Å². The molecule has 1 N–H and O–H groups in total. The Morgan fingerprint density at radius 3 is 2.38 bits per heavy atom. The van der Waals surface area contributed by atoms with Crippen LogP contribution in [0.25, 0.3) is 0 Å². The molecule has 1 aliphatic heterocycles. The predicted molar refractivity (Wildman–Crippen MR) is 80.5 cm³/mol. The standard InChI is InChI=1S/C17H22N2O2/c1-12-17(21)19(14-10-6-3-7-11-14)15(16(20)18-12)13-8-4-2-5-9-13/h2,4-5,8-9,12,14-15H,3,6-7,10-11H2,1H3,(H,18,20). The van der Waals surface area contributed by atoms with Crippen LogP contribution in [-0.2, 0) is 9.59 Å². The van der Waals surface area contributed by atoms with Gasteiger partial charge in [0.25, 0.3) is 0 Å². The average molecular weight is 286 g/mol. The summed E-state index contributed by atoms with van der Waals surface area (Å²) >= 11 is 0. The molecule has 0 spiro atoms. The summed E-state index contributed by atoms with van der Waals surface area (Å²) in [5, 5.41) is 2.82. The van der Waals surface area contributed by atoms with Crippen molar-refractivity contribution in [2.45, 2.75) is 57.2 Å². The van der Waals surface area contributed by atoms with Crippen molar-refractivity contribution in [1.82, 2.24) is 10.2 Å². The number of nitrogens with zero attached hydrogens (tertiary/aromatic N) is 1. The number of benzene rings is 1. The third-order valence-electron chi connectivity index (χ3n) is 4.59. The van der Waals surface area contributed by atoms with Crippen LogP contribution in [0, 0.1) is 0 Å². The second kappa shape index (κ2) is 5.88. The maximum absolute atomic E-state index is 12.7. The van der Waals surface area contributed by atoms with Gasteiger partial charge >= 0.3 is 0 Å². The Hall–Kier alpha value is -1.84. The molecular weight excluding hydrogens is 264 g/mol. The van der Waals surface area contributed by atoms with E-state index in [1.807, 2.05) is 35.2 Å². The minimum Gasteiger partial charge on any atom is -0.342 e. The third-order valence-corrected chi connectivity index (χ3v) is 4.59. The van der Waals surface area contributed by atoms with Gasteiger partial charge in [-0.3, -0.25) is 9.59 Å². The number of carbonyl (C=O) groups excluding carboxylic acids is 2. The molecule has 0 bridgehead atoms. The lowest BCUT2D eigenvalue weighted by molar-refractivity contribution is -0.152. The van der Waals surface area contributed by atoms with E-state index in [0.29, 0.717) is 0 Å². The molecule has 1 heterocycles. The summed E-state index contributed by atoms with van der Waals surface area (Å²) in [5.41, 5.74) is 0.904. The van der Waals surface area contributed by atoms with Crippen molar-refractivity contribution in [3.05, 3.63) is 35.9 Å². The highest BCUT2D eigenvalue weighted by molar-refractivity contribution is 5.97. The highest BCUT2D eigenvalue weighted by Crippen LogP contribution is 2.33. The molecule has 2 atom stereocenters. The molecule has 1 aromatic carbocycles. The van der Waals surface area contributed by atoms with E-state index in [9.17, 15) is 9.59 Å². The van der Waals surface area contributed by atoms with Crippen molar-refractivity contribution in [3.63, 3.8) is 0 Å². The van der Waals surface area contributed by atoms with E-state index in [4.69, 9.17) is 0 Å². The molecule has 1 aliphatic carbocycles. The monoisotopic (exact) mass is 286 g/mol. The van der Waals surface area contributed by atoms with Crippen molar-refractivity contribution in [2.75, 3.05) is 0 Å². The summed E-state index contributed by atoms with van der Waals surface area (Å²) in [6, 6.07) is 8.95. The molecule has 0 radical (unpaired) electrons. The smallest absolute Gasteiger partial charge is 0.248 e. The first kappa shape index (κ1) is 14.1. The second-order valence-corrected chi connectivity index (χ2v) is 6.08. The van der Waals surface area contributed by atoms with Crippen LogP contribution in [-0.4, -0.2) is 28.8 Å². The van der Waals surface area contributed by atoms with Crippen LogP contribution < -0.4 is 5.32 Å². The lowest BCUT2D eigenvalue weighted by Crippen LogP contribution is -2.61. The maximum Gasteiger partial charge on any atom is 0.248 e.